The fourth-order valence-electron chi connectivity index (χ4n) is 1.28. The van der Waals surface area contributed by atoms with Gasteiger partial charge in [0.25, 0.3) is 0 Å². The molecule has 2 N–H and O–H groups in total. The number of benzene rings is 1. The molecule has 0 aliphatic rings. The second-order valence-electron chi connectivity index (χ2n) is 4.59. The Hall–Kier alpha value is -1.26. The lowest BCUT2D eigenvalue weighted by Crippen LogP contribution is -2.31. The molecule has 94 valence electrons. The minimum atomic E-state index is -0.611. The predicted molar refractivity (Wildman–Crippen MR) is 68.9 cm³/mol. The van der Waals surface area contributed by atoms with Gasteiger partial charge < -0.3 is 10.5 Å². The highest BCUT2D eigenvalue weighted by molar-refractivity contribution is 6.35. The van der Waals surface area contributed by atoms with Crippen molar-refractivity contribution in [2.24, 2.45) is 5.73 Å². The molecular weight excluding hydrogens is 240 g/mol. The van der Waals surface area contributed by atoms with Crippen LogP contribution >= 0.6 is 11.8 Å². The summed E-state index contributed by atoms with van der Waals surface area (Å²) < 4.78 is 6.12. The van der Waals surface area contributed by atoms with Crippen molar-refractivity contribution in [1.82, 2.24) is 0 Å². The summed E-state index contributed by atoms with van der Waals surface area (Å²) in [5.74, 6) is 0. The van der Waals surface area contributed by atoms with E-state index in [0.29, 0.717) is 12.2 Å². The number of hydrogen-bond acceptors (Lipinski definition) is 3. The van der Waals surface area contributed by atoms with Gasteiger partial charge in [-0.3, -0.25) is 0 Å². The largest absolute Gasteiger partial charge is 0.443 e. The molecule has 0 fully saturated rings. The Balaban J connectivity index is 2.89. The first kappa shape index (κ1) is 13.8. The van der Waals surface area contributed by atoms with Crippen LogP contribution in [0, 0.1) is 0 Å². The standard InChI is InChI=1S/C12H17ClN2O2/c1-12(2,3)17-11(16)15(13)10-7-5-4-6-9(10)8-14/h4-7H,8,14H2,1-3H3. The van der Waals surface area contributed by atoms with Crippen molar-refractivity contribution in [2.45, 2.75) is 32.9 Å². The summed E-state index contributed by atoms with van der Waals surface area (Å²) in [6.45, 7) is 5.65. The van der Waals surface area contributed by atoms with Gasteiger partial charge in [0.05, 0.1) is 5.69 Å². The molecule has 0 radical (unpaired) electrons. The summed E-state index contributed by atoms with van der Waals surface area (Å²) in [6.07, 6.45) is -0.611. The van der Waals surface area contributed by atoms with E-state index in [-0.39, 0.29) is 0 Å². The van der Waals surface area contributed by atoms with Crippen LogP contribution in [0.15, 0.2) is 24.3 Å². The second kappa shape index (κ2) is 5.38. The third-order valence-corrected chi connectivity index (χ3v) is 2.30. The maximum Gasteiger partial charge on any atom is 0.429 e. The molecule has 0 saturated heterocycles. The summed E-state index contributed by atoms with van der Waals surface area (Å²) in [5, 5.41) is 0. The molecule has 0 atom stereocenters. The van der Waals surface area contributed by atoms with Gasteiger partial charge in [-0.05, 0) is 32.4 Å². The second-order valence-corrected chi connectivity index (χ2v) is 4.93. The zero-order valence-corrected chi connectivity index (χ0v) is 11.0. The molecule has 1 aromatic carbocycles. The summed E-state index contributed by atoms with van der Waals surface area (Å²) in [6, 6.07) is 7.16. The van der Waals surface area contributed by atoms with Crippen molar-refractivity contribution in [3.8, 4) is 0 Å². The monoisotopic (exact) mass is 256 g/mol. The molecule has 1 rings (SSSR count). The van der Waals surface area contributed by atoms with Gasteiger partial charge in [0.1, 0.15) is 5.60 Å². The van der Waals surface area contributed by atoms with Crippen molar-refractivity contribution in [1.29, 1.82) is 0 Å². The van der Waals surface area contributed by atoms with E-state index in [1.54, 1.807) is 32.9 Å². The van der Waals surface area contributed by atoms with Gasteiger partial charge in [-0.1, -0.05) is 18.2 Å². The summed E-state index contributed by atoms with van der Waals surface area (Å²) in [5.41, 5.74) is 6.33. The Morgan fingerprint density at radius 3 is 2.53 bits per heavy atom. The first-order valence-electron chi connectivity index (χ1n) is 5.32. The predicted octanol–water partition coefficient (Wildman–Crippen LogP) is 3.04. The molecule has 0 saturated carbocycles. The number of amides is 1. The van der Waals surface area contributed by atoms with Crippen molar-refractivity contribution >= 4 is 23.6 Å². The quantitative estimate of drug-likeness (QED) is 0.828. The average molecular weight is 257 g/mol. The van der Waals surface area contributed by atoms with Gasteiger partial charge in [-0.25, -0.2) is 4.79 Å². The van der Waals surface area contributed by atoms with E-state index in [1.807, 2.05) is 12.1 Å². The van der Waals surface area contributed by atoms with Crippen LogP contribution < -0.4 is 10.2 Å². The smallest absolute Gasteiger partial charge is 0.429 e. The number of anilines is 1. The van der Waals surface area contributed by atoms with Gasteiger partial charge >= 0.3 is 6.09 Å². The van der Waals surface area contributed by atoms with Crippen LogP contribution in [0.3, 0.4) is 0 Å². The number of halogens is 1. The first-order chi connectivity index (χ1) is 7.85. The fourth-order valence-corrected chi connectivity index (χ4v) is 1.47. The van der Waals surface area contributed by atoms with Crippen LogP contribution in [-0.4, -0.2) is 11.7 Å². The van der Waals surface area contributed by atoms with Gasteiger partial charge in [-0.15, -0.1) is 0 Å². The van der Waals surface area contributed by atoms with Crippen molar-refractivity contribution < 1.29 is 9.53 Å². The van der Waals surface area contributed by atoms with Crippen molar-refractivity contribution in [3.63, 3.8) is 0 Å². The molecular formula is C12H17ClN2O2. The van der Waals surface area contributed by atoms with E-state index in [9.17, 15) is 4.79 Å². The van der Waals surface area contributed by atoms with Gasteiger partial charge in [-0.2, -0.15) is 4.42 Å². The highest BCUT2D eigenvalue weighted by Crippen LogP contribution is 2.24. The SMILES string of the molecule is CC(C)(C)OC(=O)N(Cl)c1ccccc1CN. The molecule has 17 heavy (non-hydrogen) atoms. The van der Waals surface area contributed by atoms with E-state index in [1.165, 1.54) is 0 Å². The lowest BCUT2D eigenvalue weighted by atomic mass is 10.2. The normalized spacial score (nSPS) is 11.1. The van der Waals surface area contributed by atoms with Gasteiger partial charge in [0.15, 0.2) is 0 Å². The number of hydrogen-bond donors (Lipinski definition) is 1. The summed E-state index contributed by atoms with van der Waals surface area (Å²) in [7, 11) is 0. The number of ether oxygens (including phenoxy) is 1. The zero-order chi connectivity index (χ0) is 13.1. The molecule has 1 amide bonds. The molecule has 0 aliphatic carbocycles. The number of rotatable bonds is 2. The zero-order valence-electron chi connectivity index (χ0n) is 10.2. The van der Waals surface area contributed by atoms with Crippen LogP contribution in [0.2, 0.25) is 0 Å². The van der Waals surface area contributed by atoms with Gasteiger partial charge in [0.2, 0.25) is 0 Å². The highest BCUT2D eigenvalue weighted by atomic mass is 35.5. The van der Waals surface area contributed by atoms with Crippen LogP contribution in [0.4, 0.5) is 10.5 Å². The number of carbonyl (C=O) groups excluding carboxylic acids is 1. The number of nitrogens with two attached hydrogens (primary N) is 1. The average Bonchev–Trinajstić information content (AvgIpc) is 2.25. The molecule has 0 heterocycles. The van der Waals surface area contributed by atoms with E-state index in [2.05, 4.69) is 0 Å². The van der Waals surface area contributed by atoms with Crippen LogP contribution in [-0.2, 0) is 11.3 Å². The topological polar surface area (TPSA) is 55.6 Å². The fraction of sp³-hybridized carbons (Fsp3) is 0.417. The molecule has 0 unspecified atom stereocenters. The Morgan fingerprint density at radius 2 is 2.00 bits per heavy atom. The Morgan fingerprint density at radius 1 is 1.41 bits per heavy atom. The minimum Gasteiger partial charge on any atom is -0.443 e. The van der Waals surface area contributed by atoms with Crippen LogP contribution in [0.25, 0.3) is 0 Å². The maximum atomic E-state index is 11.8. The van der Waals surface area contributed by atoms with Crippen LogP contribution in [0.1, 0.15) is 26.3 Å². The molecule has 4 nitrogen and oxygen atoms in total. The van der Waals surface area contributed by atoms with Crippen LogP contribution in [0.5, 0.6) is 0 Å². The minimum absolute atomic E-state index is 0.308. The molecule has 5 heteroatoms. The Bertz CT molecular complexity index is 402. The number of carbonyl (C=O) groups is 1. The Kier molecular flexibility index (Phi) is 4.37. The number of para-hydroxylation sites is 1. The molecule has 1 aromatic rings. The van der Waals surface area contributed by atoms with Crippen molar-refractivity contribution in [2.75, 3.05) is 4.42 Å². The molecule has 0 aliphatic heterocycles. The van der Waals surface area contributed by atoms with Gasteiger partial charge in [0, 0.05) is 18.3 Å². The lowest BCUT2D eigenvalue weighted by Gasteiger charge is -2.23. The third-order valence-electron chi connectivity index (χ3n) is 1.98. The summed E-state index contributed by atoms with van der Waals surface area (Å²) >= 11 is 5.95. The maximum absolute atomic E-state index is 11.8. The molecule has 0 bridgehead atoms. The van der Waals surface area contributed by atoms with Crippen molar-refractivity contribution in [3.05, 3.63) is 29.8 Å². The summed E-state index contributed by atoms with van der Waals surface area (Å²) in [4.78, 5) is 11.8. The lowest BCUT2D eigenvalue weighted by molar-refractivity contribution is 0.0609. The third kappa shape index (κ3) is 3.91. The van der Waals surface area contributed by atoms with E-state index in [0.717, 1.165) is 9.98 Å². The van der Waals surface area contributed by atoms with E-state index >= 15 is 0 Å². The highest BCUT2D eigenvalue weighted by Gasteiger charge is 2.23. The molecule has 0 spiro atoms. The van der Waals surface area contributed by atoms with E-state index < -0.39 is 11.7 Å². The van der Waals surface area contributed by atoms with E-state index in [4.69, 9.17) is 22.2 Å². The Labute approximate surface area is 106 Å². The number of nitrogens with zero attached hydrogens (tertiary/aromatic N) is 1. The first-order valence-corrected chi connectivity index (χ1v) is 5.66. The molecule has 0 aromatic heterocycles.